The number of hydrogen-bond acceptors (Lipinski definition) is 4. The average Bonchev–Trinajstić information content (AvgIpc) is 4.01. The molecule has 0 saturated carbocycles. The van der Waals surface area contributed by atoms with E-state index in [1.165, 1.54) is 79.3 Å². The van der Waals surface area contributed by atoms with Gasteiger partial charge in [-0.2, -0.15) is 0 Å². The Kier molecular flexibility index (Phi) is 8.42. The fourth-order valence-corrected chi connectivity index (χ4v) is 12.4. The second-order valence-electron chi connectivity index (χ2n) is 17.0. The third-order valence-corrected chi connectivity index (χ3v) is 15.6. The number of aromatic nitrogens is 2. The summed E-state index contributed by atoms with van der Waals surface area (Å²) in [6, 6.07) is 77.6. The second kappa shape index (κ2) is 14.5. The van der Waals surface area contributed by atoms with Crippen LogP contribution in [0.2, 0.25) is 0 Å². The molecule has 2 nitrogen and oxygen atoms in total. The van der Waals surface area contributed by atoms with Gasteiger partial charge in [-0.3, -0.25) is 0 Å². The Hall–Kier alpha value is -7.50. The monoisotopic (exact) mass is 850 g/mol. The third kappa shape index (κ3) is 5.91. The zero-order chi connectivity index (χ0) is 42.4. The number of rotatable bonds is 6. The zero-order valence-electron chi connectivity index (χ0n) is 34.9. The van der Waals surface area contributed by atoms with Gasteiger partial charge in [-0.25, -0.2) is 9.97 Å². The van der Waals surface area contributed by atoms with E-state index in [0.29, 0.717) is 5.82 Å². The highest BCUT2D eigenvalue weighted by Gasteiger charge is 2.40. The summed E-state index contributed by atoms with van der Waals surface area (Å²) in [4.78, 5) is 10.8. The molecular weight excluding hydrogens is 813 g/mol. The summed E-state index contributed by atoms with van der Waals surface area (Å²) in [6.07, 6.45) is 0. The maximum Gasteiger partial charge on any atom is 0.160 e. The summed E-state index contributed by atoms with van der Waals surface area (Å²) >= 11 is 3.72. The van der Waals surface area contributed by atoms with Crippen molar-refractivity contribution in [3.05, 3.63) is 229 Å². The molecule has 0 aliphatic heterocycles. The molecule has 0 saturated heterocycles. The van der Waals surface area contributed by atoms with Crippen molar-refractivity contribution >= 4 is 63.0 Å². The first-order valence-electron chi connectivity index (χ1n) is 21.8. The number of benzene rings is 9. The molecule has 0 amide bonds. The molecule has 1 unspecified atom stereocenters. The van der Waals surface area contributed by atoms with Gasteiger partial charge in [-0.05, 0) is 112 Å². The van der Waals surface area contributed by atoms with E-state index in [-0.39, 0.29) is 5.41 Å². The maximum atomic E-state index is 5.40. The lowest BCUT2D eigenvalue weighted by Gasteiger charge is -2.28. The van der Waals surface area contributed by atoms with Crippen molar-refractivity contribution in [3.63, 3.8) is 0 Å². The summed E-state index contributed by atoms with van der Waals surface area (Å²) in [7, 11) is 0. The second-order valence-corrected chi connectivity index (χ2v) is 19.2. The van der Waals surface area contributed by atoms with E-state index in [0.717, 1.165) is 39.2 Å². The zero-order valence-corrected chi connectivity index (χ0v) is 36.6. The highest BCUT2D eigenvalue weighted by Crippen LogP contribution is 2.53. The Balaban J connectivity index is 1.02. The van der Waals surface area contributed by atoms with E-state index >= 15 is 0 Å². The van der Waals surface area contributed by atoms with E-state index in [9.17, 15) is 0 Å². The molecule has 1 aliphatic rings. The van der Waals surface area contributed by atoms with E-state index < -0.39 is 0 Å². The molecular formula is C60H38N2S2. The SMILES string of the molecule is CC1(c2ccccc2)c2ccccc2-c2ccc(-c3cc(-c4cc(-c5ccc6c(c5)sc5ccccc56)cc(-c5ccc6c(c5)sc5ccccc56)c4)nc(-c4ccccc4)n3)cc21. The average molecular weight is 851 g/mol. The predicted molar refractivity (Wildman–Crippen MR) is 272 cm³/mol. The molecule has 1 atom stereocenters. The molecule has 0 radical (unpaired) electrons. The Morgan fingerprint density at radius 3 is 1.48 bits per heavy atom. The molecule has 0 bridgehead atoms. The van der Waals surface area contributed by atoms with Gasteiger partial charge < -0.3 is 0 Å². The van der Waals surface area contributed by atoms with Crippen LogP contribution in [0.1, 0.15) is 23.6 Å². The Morgan fingerprint density at radius 1 is 0.328 bits per heavy atom. The number of nitrogens with zero attached hydrogens (tertiary/aromatic N) is 2. The molecule has 0 spiro atoms. The molecule has 3 aromatic heterocycles. The first-order valence-corrected chi connectivity index (χ1v) is 23.4. The fourth-order valence-electron chi connectivity index (χ4n) is 10.1. The quantitative estimate of drug-likeness (QED) is 0.167. The van der Waals surface area contributed by atoms with Gasteiger partial charge in [0.2, 0.25) is 0 Å². The molecule has 0 N–H and O–H groups in total. The molecule has 300 valence electrons. The van der Waals surface area contributed by atoms with Crippen LogP contribution in [0.4, 0.5) is 0 Å². The maximum absolute atomic E-state index is 5.40. The molecule has 13 rings (SSSR count). The largest absolute Gasteiger partial charge is 0.228 e. The van der Waals surface area contributed by atoms with Crippen LogP contribution in [0.15, 0.2) is 212 Å². The number of thiophene rings is 2. The van der Waals surface area contributed by atoms with Gasteiger partial charge in [0.25, 0.3) is 0 Å². The normalized spacial score (nSPS) is 14.4. The van der Waals surface area contributed by atoms with Crippen LogP contribution >= 0.6 is 22.7 Å². The van der Waals surface area contributed by atoms with Crippen molar-refractivity contribution in [2.45, 2.75) is 12.3 Å². The van der Waals surface area contributed by atoms with E-state index in [1.807, 2.05) is 28.7 Å². The lowest BCUT2D eigenvalue weighted by Crippen LogP contribution is -2.22. The van der Waals surface area contributed by atoms with Crippen LogP contribution in [0.5, 0.6) is 0 Å². The van der Waals surface area contributed by atoms with Crippen LogP contribution in [-0.4, -0.2) is 9.97 Å². The summed E-state index contributed by atoms with van der Waals surface area (Å²) in [6.45, 7) is 2.37. The highest BCUT2D eigenvalue weighted by molar-refractivity contribution is 7.26. The van der Waals surface area contributed by atoms with Gasteiger partial charge in [0.15, 0.2) is 5.82 Å². The first-order chi connectivity index (χ1) is 31.5. The topological polar surface area (TPSA) is 25.8 Å². The molecule has 12 aromatic rings. The van der Waals surface area contributed by atoms with E-state index in [1.54, 1.807) is 0 Å². The first kappa shape index (κ1) is 37.1. The van der Waals surface area contributed by atoms with Gasteiger partial charge in [0.1, 0.15) is 0 Å². The molecule has 4 heteroatoms. The van der Waals surface area contributed by atoms with Crippen LogP contribution in [0.25, 0.3) is 108 Å². The molecule has 3 heterocycles. The van der Waals surface area contributed by atoms with Crippen molar-refractivity contribution in [3.8, 4) is 67.3 Å². The van der Waals surface area contributed by atoms with Crippen LogP contribution in [0.3, 0.4) is 0 Å². The van der Waals surface area contributed by atoms with Crippen LogP contribution in [0, 0.1) is 0 Å². The minimum atomic E-state index is -0.324. The number of hydrogen-bond donors (Lipinski definition) is 0. The summed E-state index contributed by atoms with van der Waals surface area (Å²) in [5.41, 5.74) is 15.7. The van der Waals surface area contributed by atoms with Gasteiger partial charge >= 0.3 is 0 Å². The highest BCUT2D eigenvalue weighted by atomic mass is 32.1. The van der Waals surface area contributed by atoms with Gasteiger partial charge in [0.05, 0.1) is 11.4 Å². The van der Waals surface area contributed by atoms with Crippen LogP contribution in [-0.2, 0) is 5.41 Å². The summed E-state index contributed by atoms with van der Waals surface area (Å²) < 4.78 is 5.19. The minimum absolute atomic E-state index is 0.324. The summed E-state index contributed by atoms with van der Waals surface area (Å²) in [5, 5.41) is 5.21. The predicted octanol–water partition coefficient (Wildman–Crippen LogP) is 16.9. The Morgan fingerprint density at radius 2 is 0.828 bits per heavy atom. The Bertz CT molecular complexity index is 3670. The minimum Gasteiger partial charge on any atom is -0.228 e. The smallest absolute Gasteiger partial charge is 0.160 e. The number of fused-ring (bicyclic) bond motifs is 9. The molecule has 9 aromatic carbocycles. The Labute approximate surface area is 379 Å². The van der Waals surface area contributed by atoms with E-state index in [4.69, 9.17) is 9.97 Å². The van der Waals surface area contributed by atoms with Crippen molar-refractivity contribution in [1.29, 1.82) is 0 Å². The molecule has 1 aliphatic carbocycles. The fraction of sp³-hybridized carbons (Fsp3) is 0.0333. The van der Waals surface area contributed by atoms with Gasteiger partial charge in [0, 0.05) is 62.4 Å². The van der Waals surface area contributed by atoms with Gasteiger partial charge in [-0.15, -0.1) is 22.7 Å². The lowest BCUT2D eigenvalue weighted by atomic mass is 9.74. The van der Waals surface area contributed by atoms with E-state index in [2.05, 4.69) is 213 Å². The van der Waals surface area contributed by atoms with Crippen molar-refractivity contribution < 1.29 is 0 Å². The third-order valence-electron chi connectivity index (χ3n) is 13.4. The molecule has 0 fully saturated rings. The van der Waals surface area contributed by atoms with Crippen LogP contribution < -0.4 is 0 Å². The lowest BCUT2D eigenvalue weighted by molar-refractivity contribution is 0.714. The summed E-state index contributed by atoms with van der Waals surface area (Å²) in [5.74, 6) is 0.702. The van der Waals surface area contributed by atoms with Crippen molar-refractivity contribution in [2.24, 2.45) is 0 Å². The van der Waals surface area contributed by atoms with Crippen molar-refractivity contribution in [2.75, 3.05) is 0 Å². The van der Waals surface area contributed by atoms with Gasteiger partial charge in [-0.1, -0.05) is 158 Å². The standard InChI is InChI=1S/C60H38N2S2/c1-60(44-16-6-3-7-17-44)51-21-11-8-18-45(51)46-27-26-40(33-52(46)60)53-36-54(62-59(61-53)37-14-4-2-5-15-37)43-31-41(38-24-28-49-47-19-9-12-22-55(47)63-57(49)34-38)30-42(32-43)39-25-29-50-48-20-10-13-23-56(48)64-58(50)35-39/h2-36H,1H3. The molecule has 64 heavy (non-hydrogen) atoms. The van der Waals surface area contributed by atoms with Crippen molar-refractivity contribution in [1.82, 2.24) is 9.97 Å².